The van der Waals surface area contributed by atoms with Gasteiger partial charge < -0.3 is 14.5 Å². The van der Waals surface area contributed by atoms with E-state index in [-0.39, 0.29) is 5.69 Å². The van der Waals surface area contributed by atoms with E-state index in [9.17, 15) is 5.26 Å². The molecule has 0 aliphatic heterocycles. The molecule has 0 bridgehead atoms. The fourth-order valence-electron chi connectivity index (χ4n) is 2.48. The van der Waals surface area contributed by atoms with E-state index in [1.54, 1.807) is 13.2 Å². The fourth-order valence-corrected chi connectivity index (χ4v) is 2.48. The van der Waals surface area contributed by atoms with Crippen molar-refractivity contribution in [3.05, 3.63) is 77.3 Å². The van der Waals surface area contributed by atoms with Crippen LogP contribution in [0.2, 0.25) is 0 Å². The summed E-state index contributed by atoms with van der Waals surface area (Å²) in [7, 11) is 1.63. The van der Waals surface area contributed by atoms with Crippen molar-refractivity contribution >= 4 is 18.0 Å². The Hall–Kier alpha value is -3.52. The molecule has 0 fully saturated rings. The van der Waals surface area contributed by atoms with Crippen LogP contribution in [0.15, 0.2) is 59.0 Å². The number of methoxy groups -OCH3 is 1. The summed E-state index contributed by atoms with van der Waals surface area (Å²) in [4.78, 5) is 4.20. The highest BCUT2D eigenvalue weighted by Gasteiger charge is 2.10. The van der Waals surface area contributed by atoms with Crippen LogP contribution >= 0.6 is 0 Å². The third kappa shape index (κ3) is 4.52. The molecule has 130 valence electrons. The Morgan fingerprint density at radius 1 is 1.15 bits per heavy atom. The number of nitrogens with zero attached hydrogens (tertiary/aromatic N) is 2. The predicted molar refractivity (Wildman–Crippen MR) is 102 cm³/mol. The summed E-state index contributed by atoms with van der Waals surface area (Å²) in [5.74, 6) is 1.56. The predicted octanol–water partition coefficient (Wildman–Crippen LogP) is 4.38. The molecule has 0 atom stereocenters. The largest absolute Gasteiger partial charge is 0.497 e. The Morgan fingerprint density at radius 3 is 2.77 bits per heavy atom. The van der Waals surface area contributed by atoms with Crippen molar-refractivity contribution in [2.24, 2.45) is 0 Å². The Morgan fingerprint density at radius 2 is 2.00 bits per heavy atom. The number of hydrogen-bond acceptors (Lipinski definition) is 5. The number of ether oxygens (including phenoxy) is 1. The average molecular weight is 345 g/mol. The van der Waals surface area contributed by atoms with Gasteiger partial charge in [-0.25, -0.2) is 0 Å². The van der Waals surface area contributed by atoms with Gasteiger partial charge in [-0.2, -0.15) is 10.2 Å². The van der Waals surface area contributed by atoms with Gasteiger partial charge in [0, 0.05) is 12.6 Å². The first-order chi connectivity index (χ1) is 12.8. The van der Waals surface area contributed by atoms with Crippen LogP contribution in [0.5, 0.6) is 5.75 Å². The fraction of sp³-hybridized carbons (Fsp3) is 0.143. The first-order valence-electron chi connectivity index (χ1n) is 8.29. The maximum atomic E-state index is 9.25. The Balaban J connectivity index is 1.66. The second kappa shape index (κ2) is 8.54. The quantitative estimate of drug-likeness (QED) is 0.688. The number of hydrogen-bond donors (Lipinski definition) is 1. The number of nitrogens with one attached hydrogen (secondary N) is 1. The number of benzene rings is 2. The minimum Gasteiger partial charge on any atom is -0.497 e. The van der Waals surface area contributed by atoms with E-state index in [4.69, 9.17) is 9.15 Å². The van der Waals surface area contributed by atoms with Crippen LogP contribution in [0.3, 0.4) is 0 Å². The summed E-state index contributed by atoms with van der Waals surface area (Å²) in [5, 5.41) is 12.4. The van der Waals surface area contributed by atoms with Gasteiger partial charge >= 0.3 is 0 Å². The summed E-state index contributed by atoms with van der Waals surface area (Å²) in [6.07, 6.45) is 4.43. The molecule has 0 radical (unpaired) electrons. The van der Waals surface area contributed by atoms with Crippen LogP contribution in [0.1, 0.15) is 22.7 Å². The van der Waals surface area contributed by atoms with Crippen LogP contribution in [0, 0.1) is 11.3 Å². The zero-order valence-corrected chi connectivity index (χ0v) is 14.5. The zero-order valence-electron chi connectivity index (χ0n) is 14.5. The highest BCUT2D eigenvalue weighted by atomic mass is 16.5. The standard InChI is InChI=1S/C21H19N3O2/c1-25-18-9-5-8-17(14-18)10-11-20-24-19(15-22)21(26-20)23-13-12-16-6-3-2-4-7-16/h2-11,14,23H,12-13H2,1H3. The highest BCUT2D eigenvalue weighted by Crippen LogP contribution is 2.19. The van der Waals surface area contributed by atoms with Gasteiger partial charge in [0.05, 0.1) is 7.11 Å². The maximum Gasteiger partial charge on any atom is 0.232 e. The number of rotatable bonds is 7. The summed E-state index contributed by atoms with van der Waals surface area (Å²) < 4.78 is 10.9. The van der Waals surface area contributed by atoms with Gasteiger partial charge in [-0.05, 0) is 35.8 Å². The second-order valence-corrected chi connectivity index (χ2v) is 5.61. The lowest BCUT2D eigenvalue weighted by molar-refractivity contribution is 0.414. The van der Waals surface area contributed by atoms with Crippen molar-refractivity contribution in [3.8, 4) is 11.8 Å². The minimum absolute atomic E-state index is 0.253. The molecule has 0 saturated carbocycles. The summed E-state index contributed by atoms with van der Waals surface area (Å²) in [6.45, 7) is 0.660. The average Bonchev–Trinajstić information content (AvgIpc) is 3.09. The molecule has 0 aliphatic rings. The molecule has 2 aromatic carbocycles. The number of oxazole rings is 1. The van der Waals surface area contributed by atoms with E-state index in [0.29, 0.717) is 18.3 Å². The van der Waals surface area contributed by atoms with Gasteiger partial charge in [0.2, 0.25) is 17.5 Å². The third-order valence-electron chi connectivity index (χ3n) is 3.80. The summed E-state index contributed by atoms with van der Waals surface area (Å²) in [6, 6.07) is 19.8. The molecular weight excluding hydrogens is 326 g/mol. The summed E-state index contributed by atoms with van der Waals surface area (Å²) >= 11 is 0. The van der Waals surface area contributed by atoms with Crippen LogP contribution < -0.4 is 10.1 Å². The van der Waals surface area contributed by atoms with Crippen molar-refractivity contribution in [3.63, 3.8) is 0 Å². The topological polar surface area (TPSA) is 71.1 Å². The second-order valence-electron chi connectivity index (χ2n) is 5.61. The molecule has 3 rings (SSSR count). The maximum absolute atomic E-state index is 9.25. The lowest BCUT2D eigenvalue weighted by Crippen LogP contribution is -2.05. The molecule has 1 aromatic heterocycles. The Kier molecular flexibility index (Phi) is 5.69. The molecule has 0 unspecified atom stereocenters. The number of aromatic nitrogens is 1. The van der Waals surface area contributed by atoms with E-state index in [2.05, 4.69) is 28.5 Å². The SMILES string of the molecule is COc1cccc(C=Cc2nc(C#N)c(NCCc3ccccc3)o2)c1. The molecule has 5 heteroatoms. The molecule has 0 spiro atoms. The van der Waals surface area contributed by atoms with E-state index in [1.807, 2.05) is 48.5 Å². The van der Waals surface area contributed by atoms with Crippen LogP contribution in [-0.2, 0) is 6.42 Å². The lowest BCUT2D eigenvalue weighted by atomic mass is 10.1. The van der Waals surface area contributed by atoms with E-state index in [1.165, 1.54) is 5.56 Å². The van der Waals surface area contributed by atoms with Gasteiger partial charge in [-0.1, -0.05) is 42.5 Å². The minimum atomic E-state index is 0.253. The molecule has 26 heavy (non-hydrogen) atoms. The monoisotopic (exact) mass is 345 g/mol. The Bertz CT molecular complexity index is 924. The van der Waals surface area contributed by atoms with Crippen molar-refractivity contribution in [1.82, 2.24) is 4.98 Å². The number of nitriles is 1. The van der Waals surface area contributed by atoms with E-state index < -0.39 is 0 Å². The highest BCUT2D eigenvalue weighted by molar-refractivity contribution is 5.67. The molecule has 0 amide bonds. The first kappa shape index (κ1) is 17.3. The van der Waals surface area contributed by atoms with Gasteiger partial charge in [0.15, 0.2) is 0 Å². The lowest BCUT2D eigenvalue weighted by Gasteiger charge is -2.02. The van der Waals surface area contributed by atoms with Gasteiger partial charge in [0.25, 0.3) is 0 Å². The zero-order chi connectivity index (χ0) is 18.2. The van der Waals surface area contributed by atoms with E-state index >= 15 is 0 Å². The normalized spacial score (nSPS) is 10.6. The number of anilines is 1. The Labute approximate surface area is 152 Å². The van der Waals surface area contributed by atoms with Crippen molar-refractivity contribution in [2.75, 3.05) is 19.0 Å². The molecule has 5 nitrogen and oxygen atoms in total. The van der Waals surface area contributed by atoms with Gasteiger partial charge in [-0.3, -0.25) is 0 Å². The smallest absolute Gasteiger partial charge is 0.232 e. The van der Waals surface area contributed by atoms with E-state index in [0.717, 1.165) is 17.7 Å². The molecule has 0 saturated heterocycles. The van der Waals surface area contributed by atoms with Crippen LogP contribution in [0.25, 0.3) is 12.2 Å². The molecule has 3 aromatic rings. The molecule has 1 heterocycles. The summed E-state index contributed by atoms with van der Waals surface area (Å²) in [5.41, 5.74) is 2.43. The van der Waals surface area contributed by atoms with Gasteiger partial charge in [0.1, 0.15) is 11.8 Å². The van der Waals surface area contributed by atoms with Crippen molar-refractivity contribution in [2.45, 2.75) is 6.42 Å². The third-order valence-corrected chi connectivity index (χ3v) is 3.80. The van der Waals surface area contributed by atoms with Crippen LogP contribution in [0.4, 0.5) is 5.88 Å². The van der Waals surface area contributed by atoms with Gasteiger partial charge in [-0.15, -0.1) is 0 Å². The molecule has 1 N–H and O–H groups in total. The van der Waals surface area contributed by atoms with Crippen LogP contribution in [-0.4, -0.2) is 18.6 Å². The first-order valence-corrected chi connectivity index (χ1v) is 8.29. The van der Waals surface area contributed by atoms with Crippen molar-refractivity contribution in [1.29, 1.82) is 5.26 Å². The molecular formula is C21H19N3O2. The molecule has 0 aliphatic carbocycles. The van der Waals surface area contributed by atoms with Crippen molar-refractivity contribution < 1.29 is 9.15 Å².